The van der Waals surface area contributed by atoms with Crippen LogP contribution < -0.4 is 14.1 Å². The molecule has 0 aliphatic carbocycles. The van der Waals surface area contributed by atoms with Crippen LogP contribution in [0.1, 0.15) is 11.1 Å². The number of methoxy groups -OCH3 is 1. The number of aryl methyl sites for hydroxylation is 2. The molecule has 0 saturated heterocycles. The van der Waals surface area contributed by atoms with E-state index in [1.54, 1.807) is 7.11 Å². The molecule has 0 atom stereocenters. The summed E-state index contributed by atoms with van der Waals surface area (Å²) >= 11 is 0. The Balaban J connectivity index is 1.80. The van der Waals surface area contributed by atoms with Crippen molar-refractivity contribution in [2.45, 2.75) is 13.8 Å². The Bertz CT molecular complexity index is 949. The Hall–Kier alpha value is -3.11. The average Bonchev–Trinajstić information content (AvgIpc) is 2.74. The first-order valence-corrected chi connectivity index (χ1v) is 9.53. The second kappa shape index (κ2) is 7.49. The standard InChI is InChI=1S/C24H26N3O/c1-19-6-4-8-22(14-19)27(23-9-5-7-20(2)15-23)17-25-16-26(18-27)21-10-12-24(28-3)13-11-21/h4-16H,17-18H2,1-3H3/q+1. The van der Waals surface area contributed by atoms with Gasteiger partial charge in [0.15, 0.2) is 13.3 Å². The topological polar surface area (TPSA) is 24.8 Å². The van der Waals surface area contributed by atoms with Crippen LogP contribution in [0.4, 0.5) is 17.1 Å². The van der Waals surface area contributed by atoms with Crippen molar-refractivity contribution >= 4 is 23.4 Å². The van der Waals surface area contributed by atoms with Gasteiger partial charge in [0.2, 0.25) is 0 Å². The van der Waals surface area contributed by atoms with E-state index in [2.05, 4.69) is 79.4 Å². The molecular weight excluding hydrogens is 346 g/mol. The highest BCUT2D eigenvalue weighted by molar-refractivity contribution is 5.82. The highest BCUT2D eigenvalue weighted by atomic mass is 16.5. The van der Waals surface area contributed by atoms with Gasteiger partial charge in [0.05, 0.1) is 7.11 Å². The number of ether oxygens (including phenoxy) is 1. The van der Waals surface area contributed by atoms with Crippen molar-refractivity contribution in [2.75, 3.05) is 25.3 Å². The number of benzene rings is 3. The maximum absolute atomic E-state index is 5.31. The third-order valence-electron chi connectivity index (χ3n) is 5.33. The zero-order chi connectivity index (χ0) is 19.6. The van der Waals surface area contributed by atoms with Gasteiger partial charge in [-0.3, -0.25) is 4.90 Å². The molecular formula is C24H26N3O+. The molecule has 0 bridgehead atoms. The summed E-state index contributed by atoms with van der Waals surface area (Å²) < 4.78 is 5.96. The van der Waals surface area contributed by atoms with Crippen molar-refractivity contribution in [3.05, 3.63) is 83.9 Å². The first-order valence-electron chi connectivity index (χ1n) is 9.53. The molecule has 4 nitrogen and oxygen atoms in total. The van der Waals surface area contributed by atoms with Crippen LogP contribution in [0.5, 0.6) is 5.75 Å². The average molecular weight is 372 g/mol. The van der Waals surface area contributed by atoms with Crippen molar-refractivity contribution in [3.63, 3.8) is 0 Å². The number of nitrogens with zero attached hydrogens (tertiary/aromatic N) is 3. The first kappa shape index (κ1) is 18.3. The van der Waals surface area contributed by atoms with Gasteiger partial charge in [0.1, 0.15) is 23.5 Å². The van der Waals surface area contributed by atoms with Crippen LogP contribution in [-0.4, -0.2) is 26.8 Å². The molecule has 0 N–H and O–H groups in total. The van der Waals surface area contributed by atoms with Gasteiger partial charge in [-0.15, -0.1) is 0 Å². The summed E-state index contributed by atoms with van der Waals surface area (Å²) in [6, 6.07) is 25.7. The third kappa shape index (κ3) is 3.39. The van der Waals surface area contributed by atoms with Gasteiger partial charge in [0.25, 0.3) is 0 Å². The Morgan fingerprint density at radius 3 is 2.00 bits per heavy atom. The summed E-state index contributed by atoms with van der Waals surface area (Å²) in [6.07, 6.45) is 1.95. The van der Waals surface area contributed by atoms with Gasteiger partial charge >= 0.3 is 0 Å². The molecule has 1 heterocycles. The van der Waals surface area contributed by atoms with Crippen molar-refractivity contribution in [3.8, 4) is 5.75 Å². The predicted octanol–water partition coefficient (Wildman–Crippen LogP) is 5.41. The van der Waals surface area contributed by atoms with Gasteiger partial charge < -0.3 is 4.74 Å². The molecule has 0 amide bonds. The largest absolute Gasteiger partial charge is 0.497 e. The lowest BCUT2D eigenvalue weighted by molar-refractivity contribution is 0.391. The normalized spacial score (nSPS) is 15.5. The summed E-state index contributed by atoms with van der Waals surface area (Å²) in [6.45, 7) is 5.75. The Kier molecular flexibility index (Phi) is 4.88. The highest BCUT2D eigenvalue weighted by Crippen LogP contribution is 2.38. The Morgan fingerprint density at radius 1 is 0.857 bits per heavy atom. The molecule has 142 valence electrons. The van der Waals surface area contributed by atoms with Crippen LogP contribution in [0.25, 0.3) is 0 Å². The first-order chi connectivity index (χ1) is 13.6. The summed E-state index contributed by atoms with van der Waals surface area (Å²) in [4.78, 5) is 7.00. The van der Waals surface area contributed by atoms with Crippen LogP contribution in [-0.2, 0) is 0 Å². The van der Waals surface area contributed by atoms with Crippen molar-refractivity contribution in [1.82, 2.24) is 4.48 Å². The van der Waals surface area contributed by atoms with Gasteiger partial charge in [-0.1, -0.05) is 24.3 Å². The molecule has 4 rings (SSSR count). The Morgan fingerprint density at radius 2 is 1.46 bits per heavy atom. The molecule has 3 aromatic carbocycles. The lowest BCUT2D eigenvalue weighted by atomic mass is 10.1. The van der Waals surface area contributed by atoms with Crippen LogP contribution in [0.3, 0.4) is 0 Å². The molecule has 1 aliphatic rings. The van der Waals surface area contributed by atoms with Crippen LogP contribution in [0.15, 0.2) is 77.8 Å². The summed E-state index contributed by atoms with van der Waals surface area (Å²) in [5.74, 6) is 0.857. The zero-order valence-corrected chi connectivity index (χ0v) is 16.7. The maximum atomic E-state index is 5.31. The second-order valence-electron chi connectivity index (χ2n) is 7.39. The number of hydrogen-bond donors (Lipinski definition) is 0. The quantitative estimate of drug-likeness (QED) is 0.572. The smallest absolute Gasteiger partial charge is 0.185 e. The van der Waals surface area contributed by atoms with E-state index < -0.39 is 0 Å². The van der Waals surface area contributed by atoms with E-state index in [1.165, 1.54) is 22.5 Å². The van der Waals surface area contributed by atoms with E-state index in [9.17, 15) is 0 Å². The number of hydrogen-bond acceptors (Lipinski definition) is 3. The summed E-state index contributed by atoms with van der Waals surface area (Å²) in [7, 11) is 1.69. The fourth-order valence-corrected chi connectivity index (χ4v) is 3.80. The van der Waals surface area contributed by atoms with Gasteiger partial charge in [-0.05, 0) is 61.4 Å². The molecule has 0 unspecified atom stereocenters. The van der Waals surface area contributed by atoms with Crippen molar-refractivity contribution < 1.29 is 4.74 Å². The van der Waals surface area contributed by atoms with Gasteiger partial charge in [-0.25, -0.2) is 9.48 Å². The van der Waals surface area contributed by atoms with Crippen LogP contribution in [0.2, 0.25) is 0 Å². The number of quaternary nitrogens is 1. The SMILES string of the molecule is COc1ccc(N2C=NC[N+](c3cccc(C)c3)(c3cccc(C)c3)C2)cc1. The van der Waals surface area contributed by atoms with E-state index >= 15 is 0 Å². The molecule has 1 aliphatic heterocycles. The third-order valence-corrected chi connectivity index (χ3v) is 5.33. The molecule has 0 spiro atoms. The number of anilines is 1. The van der Waals surface area contributed by atoms with Crippen LogP contribution >= 0.6 is 0 Å². The molecule has 3 aromatic rings. The molecule has 0 fully saturated rings. The molecule has 0 radical (unpaired) electrons. The van der Waals surface area contributed by atoms with E-state index in [0.29, 0.717) is 11.2 Å². The van der Waals surface area contributed by atoms with E-state index in [4.69, 9.17) is 9.73 Å². The number of rotatable bonds is 4. The maximum Gasteiger partial charge on any atom is 0.185 e. The van der Waals surface area contributed by atoms with E-state index in [-0.39, 0.29) is 0 Å². The monoisotopic (exact) mass is 372 g/mol. The molecule has 28 heavy (non-hydrogen) atoms. The van der Waals surface area contributed by atoms with Gasteiger partial charge in [0, 0.05) is 17.8 Å². The highest BCUT2D eigenvalue weighted by Gasteiger charge is 2.37. The predicted molar refractivity (Wildman–Crippen MR) is 118 cm³/mol. The van der Waals surface area contributed by atoms with Crippen molar-refractivity contribution in [1.29, 1.82) is 0 Å². The fourth-order valence-electron chi connectivity index (χ4n) is 3.80. The minimum absolute atomic E-state index is 0.659. The molecule has 0 saturated carbocycles. The number of aliphatic imine (C=N–C) groups is 1. The lowest BCUT2D eigenvalue weighted by Gasteiger charge is -2.42. The second-order valence-corrected chi connectivity index (χ2v) is 7.39. The summed E-state index contributed by atoms with van der Waals surface area (Å²) in [5.41, 5.74) is 6.12. The van der Waals surface area contributed by atoms with Crippen molar-refractivity contribution in [2.24, 2.45) is 4.99 Å². The van der Waals surface area contributed by atoms with E-state index in [0.717, 1.165) is 18.1 Å². The minimum Gasteiger partial charge on any atom is -0.497 e. The van der Waals surface area contributed by atoms with Gasteiger partial charge in [-0.2, -0.15) is 0 Å². The van der Waals surface area contributed by atoms with E-state index in [1.807, 2.05) is 18.5 Å². The zero-order valence-electron chi connectivity index (χ0n) is 16.7. The Labute approximate surface area is 166 Å². The van der Waals surface area contributed by atoms with Crippen LogP contribution in [0, 0.1) is 13.8 Å². The molecule has 4 heteroatoms. The lowest BCUT2D eigenvalue weighted by Crippen LogP contribution is -2.55. The molecule has 0 aromatic heterocycles. The minimum atomic E-state index is 0.659. The fraction of sp³-hybridized carbons (Fsp3) is 0.208. The summed E-state index contributed by atoms with van der Waals surface area (Å²) in [5, 5.41) is 0.